The Labute approximate surface area is 155 Å². The Bertz CT molecular complexity index is 802. The van der Waals surface area contributed by atoms with Crippen molar-refractivity contribution in [2.24, 2.45) is 4.99 Å². The van der Waals surface area contributed by atoms with Crippen LogP contribution in [0.25, 0.3) is 0 Å². The summed E-state index contributed by atoms with van der Waals surface area (Å²) in [6.07, 6.45) is 7.39. The zero-order chi connectivity index (χ0) is 19.3. The number of aliphatic imine (C=N–C) groups is 1. The second kappa shape index (κ2) is 8.56. The SMILES string of the molecule is CC/C=C\C(C(=N/C=C(/C)CC)N1C(=O)c2ccccc2C1=O)=C(C)C. The number of hydrogen-bond donors (Lipinski definition) is 0. The van der Waals surface area contributed by atoms with Gasteiger partial charge in [-0.05, 0) is 45.7 Å². The van der Waals surface area contributed by atoms with Crippen molar-refractivity contribution in [3.05, 3.63) is 70.5 Å². The number of imide groups is 1. The van der Waals surface area contributed by atoms with Crippen LogP contribution in [0, 0.1) is 0 Å². The molecule has 1 aromatic carbocycles. The molecule has 1 aliphatic rings. The highest BCUT2D eigenvalue weighted by molar-refractivity contribution is 6.32. The van der Waals surface area contributed by atoms with E-state index in [1.807, 2.05) is 46.8 Å². The Hall–Kier alpha value is -2.75. The molecule has 2 rings (SSSR count). The molecule has 2 amide bonds. The van der Waals surface area contributed by atoms with Crippen LogP contribution >= 0.6 is 0 Å². The smallest absolute Gasteiger partial charge is 0.267 e. The average molecular weight is 350 g/mol. The van der Waals surface area contributed by atoms with Crippen molar-refractivity contribution in [1.29, 1.82) is 0 Å². The van der Waals surface area contributed by atoms with E-state index < -0.39 is 0 Å². The number of carbonyl (C=O) groups is 2. The van der Waals surface area contributed by atoms with Crippen molar-refractivity contribution in [1.82, 2.24) is 4.90 Å². The summed E-state index contributed by atoms with van der Waals surface area (Å²) in [7, 11) is 0. The normalized spacial score (nSPS) is 15.0. The van der Waals surface area contributed by atoms with Crippen LogP contribution in [0.4, 0.5) is 0 Å². The van der Waals surface area contributed by atoms with Crippen molar-refractivity contribution < 1.29 is 9.59 Å². The lowest BCUT2D eigenvalue weighted by Crippen LogP contribution is -2.37. The van der Waals surface area contributed by atoms with Gasteiger partial charge in [-0.3, -0.25) is 9.59 Å². The molecule has 1 heterocycles. The largest absolute Gasteiger partial charge is 0.268 e. The van der Waals surface area contributed by atoms with E-state index in [0.29, 0.717) is 17.0 Å². The fourth-order valence-corrected chi connectivity index (χ4v) is 2.59. The minimum absolute atomic E-state index is 0.324. The maximum atomic E-state index is 12.9. The molecule has 0 spiro atoms. The minimum atomic E-state index is -0.324. The third kappa shape index (κ3) is 3.90. The van der Waals surface area contributed by atoms with Crippen LogP contribution in [0.1, 0.15) is 68.2 Å². The van der Waals surface area contributed by atoms with Gasteiger partial charge in [0.1, 0.15) is 5.84 Å². The average Bonchev–Trinajstić information content (AvgIpc) is 2.88. The Kier molecular flexibility index (Phi) is 6.45. The summed E-state index contributed by atoms with van der Waals surface area (Å²) in [5.41, 5.74) is 3.71. The molecular formula is C22H26N2O2. The number of amidine groups is 1. The molecule has 1 aliphatic heterocycles. The summed E-state index contributed by atoms with van der Waals surface area (Å²) < 4.78 is 0. The second-order valence-electron chi connectivity index (χ2n) is 6.50. The van der Waals surface area contributed by atoms with Crippen LogP contribution in [0.2, 0.25) is 0 Å². The molecule has 0 atom stereocenters. The van der Waals surface area contributed by atoms with Gasteiger partial charge in [0, 0.05) is 11.8 Å². The Morgan fingerprint density at radius 3 is 2.08 bits per heavy atom. The zero-order valence-corrected chi connectivity index (χ0v) is 16.2. The third-order valence-electron chi connectivity index (χ3n) is 4.27. The summed E-state index contributed by atoms with van der Waals surface area (Å²) in [4.78, 5) is 31.6. The predicted octanol–water partition coefficient (Wildman–Crippen LogP) is 5.30. The van der Waals surface area contributed by atoms with Crippen LogP contribution < -0.4 is 0 Å². The lowest BCUT2D eigenvalue weighted by Gasteiger charge is -2.18. The molecule has 0 N–H and O–H groups in total. The molecule has 0 unspecified atom stereocenters. The molecule has 0 saturated carbocycles. The van der Waals surface area contributed by atoms with Crippen LogP contribution in [-0.4, -0.2) is 22.5 Å². The molecule has 4 heteroatoms. The monoisotopic (exact) mass is 350 g/mol. The molecule has 26 heavy (non-hydrogen) atoms. The molecule has 0 fully saturated rings. The van der Waals surface area contributed by atoms with Crippen molar-refractivity contribution >= 4 is 17.6 Å². The number of fused-ring (bicyclic) bond motifs is 1. The van der Waals surface area contributed by atoms with Gasteiger partial charge in [-0.15, -0.1) is 0 Å². The molecule has 0 radical (unpaired) electrons. The van der Waals surface area contributed by atoms with Crippen molar-refractivity contribution in [3.8, 4) is 0 Å². The lowest BCUT2D eigenvalue weighted by atomic mass is 10.1. The topological polar surface area (TPSA) is 49.7 Å². The number of nitrogens with zero attached hydrogens (tertiary/aromatic N) is 2. The summed E-state index contributed by atoms with van der Waals surface area (Å²) in [6.45, 7) is 9.98. The highest BCUT2D eigenvalue weighted by Crippen LogP contribution is 2.26. The van der Waals surface area contributed by atoms with Crippen LogP contribution in [0.5, 0.6) is 0 Å². The molecule has 0 bridgehead atoms. The standard InChI is InChI=1S/C22H26N2O2/c1-6-8-11-17(15(3)4)20(23-14-16(5)7-2)24-21(25)18-12-9-10-13-19(18)22(24)26/h8-14H,6-7H2,1-5H3/b11-8-,16-14-,23-20?. The Morgan fingerprint density at radius 1 is 1.04 bits per heavy atom. The molecule has 136 valence electrons. The zero-order valence-electron chi connectivity index (χ0n) is 16.2. The van der Waals surface area contributed by atoms with Crippen molar-refractivity contribution in [2.45, 2.75) is 47.5 Å². The van der Waals surface area contributed by atoms with Gasteiger partial charge >= 0.3 is 0 Å². The van der Waals surface area contributed by atoms with E-state index in [4.69, 9.17) is 0 Å². The van der Waals surface area contributed by atoms with Crippen molar-refractivity contribution in [3.63, 3.8) is 0 Å². The number of allylic oxidation sites excluding steroid dienone is 3. The fraction of sp³-hybridized carbons (Fsp3) is 0.318. The van der Waals surface area contributed by atoms with Crippen LogP contribution in [0.15, 0.2) is 64.3 Å². The predicted molar refractivity (Wildman–Crippen MR) is 106 cm³/mol. The van der Waals surface area contributed by atoms with Gasteiger partial charge in [-0.25, -0.2) is 9.89 Å². The first-order valence-electron chi connectivity index (χ1n) is 8.97. The van der Waals surface area contributed by atoms with Gasteiger partial charge in [0.15, 0.2) is 0 Å². The van der Waals surface area contributed by atoms with Crippen LogP contribution in [-0.2, 0) is 0 Å². The Morgan fingerprint density at radius 2 is 1.62 bits per heavy atom. The highest BCUT2D eigenvalue weighted by atomic mass is 16.2. The fourth-order valence-electron chi connectivity index (χ4n) is 2.59. The molecule has 0 saturated heterocycles. The first-order chi connectivity index (χ1) is 12.4. The van der Waals surface area contributed by atoms with Crippen LogP contribution in [0.3, 0.4) is 0 Å². The lowest BCUT2D eigenvalue weighted by molar-refractivity contribution is 0.0749. The summed E-state index contributed by atoms with van der Waals surface area (Å²) in [5, 5.41) is 0. The van der Waals surface area contributed by atoms with Gasteiger partial charge in [0.05, 0.1) is 11.1 Å². The molecule has 1 aromatic rings. The first kappa shape index (κ1) is 19.6. The summed E-state index contributed by atoms with van der Waals surface area (Å²) in [5.74, 6) is -0.264. The van der Waals surface area contributed by atoms with Gasteiger partial charge < -0.3 is 0 Å². The molecule has 0 aliphatic carbocycles. The summed E-state index contributed by atoms with van der Waals surface area (Å²) >= 11 is 0. The Balaban J connectivity index is 2.63. The number of carbonyl (C=O) groups excluding carboxylic acids is 2. The molecule has 0 aromatic heterocycles. The van der Waals surface area contributed by atoms with E-state index in [2.05, 4.69) is 4.99 Å². The number of rotatable bonds is 5. The van der Waals surface area contributed by atoms with E-state index in [-0.39, 0.29) is 11.8 Å². The number of hydrogen-bond acceptors (Lipinski definition) is 3. The molecular weight excluding hydrogens is 324 g/mol. The summed E-state index contributed by atoms with van der Waals surface area (Å²) in [6, 6.07) is 6.91. The third-order valence-corrected chi connectivity index (χ3v) is 4.27. The van der Waals surface area contributed by atoms with Crippen molar-refractivity contribution in [2.75, 3.05) is 0 Å². The van der Waals surface area contributed by atoms with E-state index in [9.17, 15) is 9.59 Å². The highest BCUT2D eigenvalue weighted by Gasteiger charge is 2.39. The quantitative estimate of drug-likeness (QED) is 0.313. The van der Waals surface area contributed by atoms with Gasteiger partial charge in [0.2, 0.25) is 0 Å². The number of benzene rings is 1. The maximum Gasteiger partial charge on any atom is 0.267 e. The maximum absolute atomic E-state index is 12.9. The first-order valence-corrected chi connectivity index (χ1v) is 8.97. The van der Waals surface area contributed by atoms with E-state index >= 15 is 0 Å². The van der Waals surface area contributed by atoms with E-state index in [1.54, 1.807) is 30.5 Å². The minimum Gasteiger partial charge on any atom is -0.268 e. The second-order valence-corrected chi connectivity index (χ2v) is 6.50. The number of amides is 2. The van der Waals surface area contributed by atoms with Gasteiger partial charge in [-0.1, -0.05) is 49.3 Å². The van der Waals surface area contributed by atoms with Gasteiger partial charge in [0.25, 0.3) is 11.8 Å². The van der Waals surface area contributed by atoms with Gasteiger partial charge in [-0.2, -0.15) is 0 Å². The molecule has 4 nitrogen and oxygen atoms in total. The van der Waals surface area contributed by atoms with E-state index in [1.165, 1.54) is 4.90 Å². The van der Waals surface area contributed by atoms with E-state index in [0.717, 1.165) is 29.6 Å².